The van der Waals surface area contributed by atoms with Gasteiger partial charge < -0.3 is 16.2 Å². The Balaban J connectivity index is 1.88. The highest BCUT2D eigenvalue weighted by Gasteiger charge is 2.39. The van der Waals surface area contributed by atoms with E-state index in [4.69, 9.17) is 21.5 Å². The third-order valence-electron chi connectivity index (χ3n) is 6.27. The van der Waals surface area contributed by atoms with E-state index in [-0.39, 0.29) is 29.3 Å². The van der Waals surface area contributed by atoms with Crippen LogP contribution in [0.15, 0.2) is 23.4 Å². The van der Waals surface area contributed by atoms with Crippen LogP contribution in [0.3, 0.4) is 0 Å². The quantitative estimate of drug-likeness (QED) is 0.577. The van der Waals surface area contributed by atoms with Gasteiger partial charge in [0.2, 0.25) is 10.0 Å². The van der Waals surface area contributed by atoms with E-state index in [1.807, 2.05) is 26.0 Å². The molecule has 0 saturated heterocycles. The van der Waals surface area contributed by atoms with E-state index >= 15 is 0 Å². The van der Waals surface area contributed by atoms with E-state index in [0.29, 0.717) is 29.1 Å². The number of nitrogen functional groups attached to an aromatic ring is 1. The zero-order chi connectivity index (χ0) is 23.1. The summed E-state index contributed by atoms with van der Waals surface area (Å²) < 4.78 is 35.3. The van der Waals surface area contributed by atoms with Gasteiger partial charge in [-0.25, -0.2) is 18.4 Å². The molecule has 4 rings (SSSR count). The van der Waals surface area contributed by atoms with Crippen LogP contribution in [0.4, 0.5) is 5.82 Å². The van der Waals surface area contributed by atoms with Crippen molar-refractivity contribution in [1.82, 2.24) is 14.7 Å². The second-order valence-corrected chi connectivity index (χ2v) is 10.8. The first-order valence-corrected chi connectivity index (χ1v) is 12.2. The van der Waals surface area contributed by atoms with Gasteiger partial charge in [-0.05, 0) is 55.2 Å². The van der Waals surface area contributed by atoms with E-state index in [9.17, 15) is 8.42 Å². The Kier molecular flexibility index (Phi) is 5.83. The van der Waals surface area contributed by atoms with Crippen molar-refractivity contribution in [3.63, 3.8) is 0 Å². The molecule has 0 amide bonds. The SMILES string of the molecule is CC1(C)Cc2c(ccc(OC3CCC(N)CC3)c2S(=O)(=O)NCC#N)-c2ncnc(N)c21. The highest BCUT2D eigenvalue weighted by Crippen LogP contribution is 2.48. The molecule has 2 aromatic rings. The van der Waals surface area contributed by atoms with Crippen molar-refractivity contribution in [2.24, 2.45) is 5.73 Å². The monoisotopic (exact) mass is 456 g/mol. The Labute approximate surface area is 188 Å². The van der Waals surface area contributed by atoms with Gasteiger partial charge in [-0.1, -0.05) is 13.8 Å². The standard InChI is InChI=1S/C22H28N6O3S/c1-22(2)11-16-15(19-18(22)21(25)27-12-26-19)7-8-17(20(16)32(29,30)28-10-9-23)31-14-5-3-13(24)4-6-14/h7-8,12-14,28H,3-6,10-11,24H2,1-2H3,(H2,25,26,27). The van der Waals surface area contributed by atoms with Gasteiger partial charge in [0.25, 0.3) is 0 Å². The number of rotatable bonds is 5. The van der Waals surface area contributed by atoms with Crippen LogP contribution in [-0.2, 0) is 21.9 Å². The van der Waals surface area contributed by atoms with E-state index in [2.05, 4.69) is 14.7 Å². The minimum Gasteiger partial charge on any atom is -0.489 e. The number of aromatic nitrogens is 2. The number of nitrogens with two attached hydrogens (primary N) is 2. The molecule has 0 bridgehead atoms. The van der Waals surface area contributed by atoms with E-state index < -0.39 is 15.4 Å². The number of hydrogen-bond donors (Lipinski definition) is 3. The number of nitriles is 1. The summed E-state index contributed by atoms with van der Waals surface area (Å²) in [6.45, 7) is 3.64. The molecule has 0 aliphatic heterocycles. The first kappa shape index (κ1) is 22.5. The topological polar surface area (TPSA) is 157 Å². The first-order chi connectivity index (χ1) is 15.1. The lowest BCUT2D eigenvalue weighted by atomic mass is 9.72. The Hall–Kier alpha value is -2.74. The summed E-state index contributed by atoms with van der Waals surface area (Å²) in [5.41, 5.74) is 14.4. The minimum atomic E-state index is -4.02. The Morgan fingerprint density at radius 2 is 1.97 bits per heavy atom. The lowest BCUT2D eigenvalue weighted by Gasteiger charge is -2.35. The summed E-state index contributed by atoms with van der Waals surface area (Å²) in [6.07, 6.45) is 4.88. The average molecular weight is 457 g/mol. The molecule has 0 radical (unpaired) electrons. The number of nitrogens with one attached hydrogen (secondary N) is 1. The van der Waals surface area contributed by atoms with Crippen molar-refractivity contribution in [2.75, 3.05) is 12.3 Å². The van der Waals surface area contributed by atoms with Gasteiger partial charge in [0, 0.05) is 17.2 Å². The summed E-state index contributed by atoms with van der Waals surface area (Å²) in [7, 11) is -4.02. The van der Waals surface area contributed by atoms with Crippen molar-refractivity contribution in [3.05, 3.63) is 29.6 Å². The molecule has 1 fully saturated rings. The third-order valence-corrected chi connectivity index (χ3v) is 7.78. The Morgan fingerprint density at radius 3 is 2.66 bits per heavy atom. The summed E-state index contributed by atoms with van der Waals surface area (Å²) >= 11 is 0. The molecule has 0 unspecified atom stereocenters. The van der Waals surface area contributed by atoms with Crippen LogP contribution in [-0.4, -0.2) is 37.1 Å². The lowest BCUT2D eigenvalue weighted by Crippen LogP contribution is -2.34. The van der Waals surface area contributed by atoms with Gasteiger partial charge in [0.05, 0.1) is 24.4 Å². The molecule has 1 saturated carbocycles. The number of ether oxygens (including phenoxy) is 1. The zero-order valence-corrected chi connectivity index (χ0v) is 19.1. The largest absolute Gasteiger partial charge is 0.489 e. The summed E-state index contributed by atoms with van der Waals surface area (Å²) in [4.78, 5) is 8.65. The molecule has 0 atom stereocenters. The summed E-state index contributed by atoms with van der Waals surface area (Å²) in [6, 6.07) is 5.50. The molecule has 1 aromatic heterocycles. The van der Waals surface area contributed by atoms with Crippen molar-refractivity contribution in [2.45, 2.75) is 68.4 Å². The lowest BCUT2D eigenvalue weighted by molar-refractivity contribution is 0.143. The van der Waals surface area contributed by atoms with Gasteiger partial charge in [0.1, 0.15) is 22.8 Å². The van der Waals surface area contributed by atoms with E-state index in [0.717, 1.165) is 31.2 Å². The maximum Gasteiger partial charge on any atom is 0.245 e. The highest BCUT2D eigenvalue weighted by molar-refractivity contribution is 7.89. The van der Waals surface area contributed by atoms with Gasteiger partial charge in [-0.3, -0.25) is 0 Å². The molecule has 2 aliphatic carbocycles. The van der Waals surface area contributed by atoms with Crippen molar-refractivity contribution in [1.29, 1.82) is 5.26 Å². The number of benzene rings is 1. The van der Waals surface area contributed by atoms with Crippen LogP contribution in [0, 0.1) is 11.3 Å². The minimum absolute atomic E-state index is 0.0658. The fraction of sp³-hybridized carbons (Fsp3) is 0.500. The van der Waals surface area contributed by atoms with E-state index in [1.165, 1.54) is 6.33 Å². The molecule has 2 aliphatic rings. The fourth-order valence-electron chi connectivity index (χ4n) is 4.78. The normalized spacial score (nSPS) is 21.8. The predicted octanol–water partition coefficient (Wildman–Crippen LogP) is 2.01. The maximum absolute atomic E-state index is 13.3. The number of sulfonamides is 1. The predicted molar refractivity (Wildman–Crippen MR) is 120 cm³/mol. The van der Waals surface area contributed by atoms with E-state index in [1.54, 1.807) is 6.07 Å². The second kappa shape index (κ2) is 8.31. The number of fused-ring (bicyclic) bond motifs is 3. The van der Waals surface area contributed by atoms with Crippen LogP contribution in [0.2, 0.25) is 0 Å². The van der Waals surface area contributed by atoms with Crippen molar-refractivity contribution < 1.29 is 13.2 Å². The molecular weight excluding hydrogens is 428 g/mol. The molecular formula is C22H28N6O3S. The molecule has 1 aromatic carbocycles. The molecule has 9 nitrogen and oxygen atoms in total. The maximum atomic E-state index is 13.3. The molecule has 5 N–H and O–H groups in total. The Bertz CT molecular complexity index is 1180. The smallest absolute Gasteiger partial charge is 0.245 e. The van der Waals surface area contributed by atoms with Crippen molar-refractivity contribution >= 4 is 15.8 Å². The molecule has 0 spiro atoms. The average Bonchev–Trinajstić information content (AvgIpc) is 2.73. The molecule has 32 heavy (non-hydrogen) atoms. The molecule has 170 valence electrons. The number of hydrogen-bond acceptors (Lipinski definition) is 8. The first-order valence-electron chi connectivity index (χ1n) is 10.7. The summed E-state index contributed by atoms with van der Waals surface area (Å²) in [5.74, 6) is 0.674. The highest BCUT2D eigenvalue weighted by atomic mass is 32.2. The van der Waals surface area contributed by atoms with Crippen LogP contribution < -0.4 is 20.9 Å². The second-order valence-electron chi connectivity index (χ2n) is 9.10. The zero-order valence-electron chi connectivity index (χ0n) is 18.3. The van der Waals surface area contributed by atoms with Gasteiger partial charge in [0.15, 0.2) is 0 Å². The Morgan fingerprint density at radius 1 is 1.25 bits per heavy atom. The van der Waals surface area contributed by atoms with Gasteiger partial charge >= 0.3 is 0 Å². The number of anilines is 1. The van der Waals surface area contributed by atoms with Gasteiger partial charge in [-0.2, -0.15) is 9.98 Å². The van der Waals surface area contributed by atoms with Crippen LogP contribution in [0.25, 0.3) is 11.3 Å². The van der Waals surface area contributed by atoms with Crippen LogP contribution in [0.5, 0.6) is 5.75 Å². The molecule has 10 heteroatoms. The van der Waals surface area contributed by atoms with Crippen LogP contribution in [0.1, 0.15) is 50.7 Å². The van der Waals surface area contributed by atoms with Crippen molar-refractivity contribution in [3.8, 4) is 23.1 Å². The molecule has 1 heterocycles. The third kappa shape index (κ3) is 4.03. The number of nitrogens with zero attached hydrogens (tertiary/aromatic N) is 3. The van der Waals surface area contributed by atoms with Crippen LogP contribution >= 0.6 is 0 Å². The van der Waals surface area contributed by atoms with Gasteiger partial charge in [-0.15, -0.1) is 0 Å². The summed E-state index contributed by atoms with van der Waals surface area (Å²) in [5, 5.41) is 8.96. The fourth-order valence-corrected chi connectivity index (χ4v) is 6.06.